The molecule has 1 aliphatic heterocycles. The van der Waals surface area contributed by atoms with Gasteiger partial charge in [-0.2, -0.15) is 10.5 Å². The Balaban J connectivity index is 1.39. The van der Waals surface area contributed by atoms with Gasteiger partial charge in [-0.1, -0.05) is 30.3 Å². The van der Waals surface area contributed by atoms with Crippen LogP contribution in [-0.2, 0) is 11.2 Å². The van der Waals surface area contributed by atoms with Crippen molar-refractivity contribution in [2.24, 2.45) is 5.92 Å². The van der Waals surface area contributed by atoms with E-state index in [1.165, 1.54) is 12.1 Å². The number of carbonyl (C=O) groups excluding carboxylic acids is 1. The third-order valence-electron chi connectivity index (χ3n) is 5.95. The number of piperidine rings is 1. The summed E-state index contributed by atoms with van der Waals surface area (Å²) in [6, 6.07) is 14.3. The molecule has 1 heterocycles. The number of hydrogen-bond donors (Lipinski definition) is 2. The van der Waals surface area contributed by atoms with Crippen molar-refractivity contribution in [1.29, 1.82) is 10.5 Å². The molecule has 0 radical (unpaired) electrons. The Hall–Kier alpha value is -3.29. The molecule has 2 aliphatic rings. The van der Waals surface area contributed by atoms with Crippen LogP contribution >= 0.6 is 0 Å². The first kappa shape index (κ1) is 20.0. The molecule has 5 atom stereocenters. The number of nitrogens with zero attached hydrogens (tertiary/aromatic N) is 2. The summed E-state index contributed by atoms with van der Waals surface area (Å²) in [5.41, 5.74) is 2.25. The third kappa shape index (κ3) is 3.90. The number of halogens is 2. The van der Waals surface area contributed by atoms with Gasteiger partial charge in [0.25, 0.3) is 0 Å². The first-order valence-corrected chi connectivity index (χ1v) is 9.87. The number of fused-ring (bicyclic) bond motifs is 2. The molecule has 2 aromatic carbocycles. The summed E-state index contributed by atoms with van der Waals surface area (Å²) in [6.07, 6.45) is 0.455. The lowest BCUT2D eigenvalue weighted by Crippen LogP contribution is -2.52. The van der Waals surface area contributed by atoms with Gasteiger partial charge in [0.05, 0.1) is 17.7 Å². The van der Waals surface area contributed by atoms with E-state index in [1.54, 1.807) is 24.3 Å². The van der Waals surface area contributed by atoms with E-state index in [-0.39, 0.29) is 23.4 Å². The van der Waals surface area contributed by atoms with Crippen molar-refractivity contribution in [2.45, 2.75) is 43.6 Å². The van der Waals surface area contributed by atoms with Gasteiger partial charge >= 0.3 is 0 Å². The van der Waals surface area contributed by atoms with Crippen LogP contribution in [0.5, 0.6) is 0 Å². The van der Waals surface area contributed by atoms with E-state index in [1.807, 2.05) is 12.1 Å². The monoisotopic (exact) mass is 406 g/mol. The number of amides is 1. The Kier molecular flexibility index (Phi) is 5.48. The molecule has 7 heteroatoms. The van der Waals surface area contributed by atoms with Gasteiger partial charge in [-0.3, -0.25) is 4.79 Å². The normalized spacial score (nSPS) is 25.3. The van der Waals surface area contributed by atoms with Crippen molar-refractivity contribution < 1.29 is 13.6 Å². The van der Waals surface area contributed by atoms with Crippen molar-refractivity contribution in [1.82, 2.24) is 10.6 Å². The highest BCUT2D eigenvalue weighted by atomic mass is 19.1. The number of nitriles is 2. The van der Waals surface area contributed by atoms with Crippen LogP contribution in [0.2, 0.25) is 0 Å². The molecule has 2 fully saturated rings. The van der Waals surface area contributed by atoms with Crippen LogP contribution in [0, 0.1) is 34.4 Å². The molecule has 4 rings (SSSR count). The van der Waals surface area contributed by atoms with Gasteiger partial charge in [0.1, 0.15) is 24.1 Å². The van der Waals surface area contributed by atoms with Gasteiger partial charge < -0.3 is 10.6 Å². The van der Waals surface area contributed by atoms with Gasteiger partial charge in [-0.15, -0.1) is 0 Å². The summed E-state index contributed by atoms with van der Waals surface area (Å²) in [7, 11) is 0. The van der Waals surface area contributed by atoms with Crippen LogP contribution in [0.3, 0.4) is 0 Å². The second-order valence-electron chi connectivity index (χ2n) is 7.89. The first-order valence-electron chi connectivity index (χ1n) is 9.87. The Labute approximate surface area is 173 Å². The van der Waals surface area contributed by atoms with E-state index < -0.39 is 24.1 Å². The lowest BCUT2D eigenvalue weighted by Gasteiger charge is -2.26. The lowest BCUT2D eigenvalue weighted by atomic mass is 9.96. The third-order valence-corrected chi connectivity index (χ3v) is 5.95. The van der Waals surface area contributed by atoms with E-state index in [0.717, 1.165) is 11.1 Å². The summed E-state index contributed by atoms with van der Waals surface area (Å²) in [5.74, 6) is -1.22. The molecule has 152 valence electrons. The topological polar surface area (TPSA) is 88.7 Å². The van der Waals surface area contributed by atoms with Gasteiger partial charge in [0.2, 0.25) is 5.91 Å². The fraction of sp³-hybridized carbons (Fsp3) is 0.348. The van der Waals surface area contributed by atoms with E-state index in [2.05, 4.69) is 16.7 Å². The van der Waals surface area contributed by atoms with Crippen LogP contribution in [0.15, 0.2) is 42.5 Å². The number of rotatable bonds is 5. The zero-order valence-corrected chi connectivity index (χ0v) is 16.1. The molecule has 2 aromatic rings. The average Bonchev–Trinajstić information content (AvgIpc) is 3.33. The minimum atomic E-state index is -0.966. The number of alkyl halides is 1. The SMILES string of the molecule is N#Cc1ccc(-c2ccc(C[C@@H](C#N)NC(=O)[C@H]3N[C@H]4C[C@H]3[C@@H](F)C4)cc2)cc1F. The Morgan fingerprint density at radius 3 is 2.50 bits per heavy atom. The van der Waals surface area contributed by atoms with Crippen LogP contribution in [0.1, 0.15) is 24.0 Å². The molecule has 1 saturated heterocycles. The zero-order chi connectivity index (χ0) is 21.3. The van der Waals surface area contributed by atoms with E-state index in [0.29, 0.717) is 24.8 Å². The van der Waals surface area contributed by atoms with Crippen molar-refractivity contribution in [3.05, 3.63) is 59.4 Å². The molecule has 1 saturated carbocycles. The predicted octanol–water partition coefficient (Wildman–Crippen LogP) is 3.00. The Bertz CT molecular complexity index is 1040. The average molecular weight is 406 g/mol. The van der Waals surface area contributed by atoms with Gasteiger partial charge in [-0.25, -0.2) is 8.78 Å². The van der Waals surface area contributed by atoms with Gasteiger partial charge in [0, 0.05) is 18.4 Å². The highest BCUT2D eigenvalue weighted by Gasteiger charge is 2.49. The molecule has 2 bridgehead atoms. The lowest BCUT2D eigenvalue weighted by molar-refractivity contribution is -0.125. The van der Waals surface area contributed by atoms with Gasteiger partial charge in [-0.05, 0) is 41.7 Å². The van der Waals surface area contributed by atoms with Crippen LogP contribution < -0.4 is 10.6 Å². The quantitative estimate of drug-likeness (QED) is 0.799. The second kappa shape index (κ2) is 8.22. The molecule has 0 spiro atoms. The first-order chi connectivity index (χ1) is 14.5. The van der Waals surface area contributed by atoms with E-state index in [9.17, 15) is 18.8 Å². The Morgan fingerprint density at radius 1 is 1.17 bits per heavy atom. The summed E-state index contributed by atoms with van der Waals surface area (Å²) in [4.78, 5) is 12.5. The van der Waals surface area contributed by atoms with Gasteiger partial charge in [0.15, 0.2) is 0 Å². The second-order valence-corrected chi connectivity index (χ2v) is 7.89. The number of carbonyl (C=O) groups is 1. The molecule has 1 amide bonds. The van der Waals surface area contributed by atoms with E-state index in [4.69, 9.17) is 5.26 Å². The molecule has 2 N–H and O–H groups in total. The fourth-order valence-electron chi connectivity index (χ4n) is 4.39. The van der Waals surface area contributed by atoms with Crippen molar-refractivity contribution in [2.75, 3.05) is 0 Å². The summed E-state index contributed by atoms with van der Waals surface area (Å²) in [6.45, 7) is 0. The largest absolute Gasteiger partial charge is 0.339 e. The number of hydrogen-bond acceptors (Lipinski definition) is 4. The maximum absolute atomic E-state index is 13.9. The number of benzene rings is 2. The predicted molar refractivity (Wildman–Crippen MR) is 106 cm³/mol. The zero-order valence-electron chi connectivity index (χ0n) is 16.1. The fourth-order valence-corrected chi connectivity index (χ4v) is 4.39. The Morgan fingerprint density at radius 2 is 1.90 bits per heavy atom. The van der Waals surface area contributed by atoms with Crippen molar-refractivity contribution in [3.63, 3.8) is 0 Å². The molecular weight excluding hydrogens is 386 g/mol. The van der Waals surface area contributed by atoms with Crippen molar-refractivity contribution in [3.8, 4) is 23.3 Å². The molecule has 5 nitrogen and oxygen atoms in total. The minimum Gasteiger partial charge on any atom is -0.339 e. The summed E-state index contributed by atoms with van der Waals surface area (Å²) >= 11 is 0. The highest BCUT2D eigenvalue weighted by molar-refractivity contribution is 5.83. The van der Waals surface area contributed by atoms with Crippen molar-refractivity contribution >= 4 is 5.91 Å². The molecule has 1 aliphatic carbocycles. The van der Waals surface area contributed by atoms with Crippen LogP contribution in [0.4, 0.5) is 8.78 Å². The molecule has 0 aromatic heterocycles. The maximum atomic E-state index is 13.9. The van der Waals surface area contributed by atoms with Crippen LogP contribution in [0.25, 0.3) is 11.1 Å². The minimum absolute atomic E-state index is 0.00738. The van der Waals surface area contributed by atoms with Crippen LogP contribution in [-0.4, -0.2) is 30.2 Å². The standard InChI is InChI=1S/C23H20F2N4O/c24-20-8-15(5-6-16(20)11-26)14-3-1-13(2-4-14)7-18(12-27)29-23(30)22-19-9-17(28-22)10-21(19)25/h1-6,8,17-19,21-22,28H,7,9-10H2,(H,29,30)/t17-,18-,19-,21-,22-/m0/s1. The smallest absolute Gasteiger partial charge is 0.238 e. The highest BCUT2D eigenvalue weighted by Crippen LogP contribution is 2.37. The molecule has 0 unspecified atom stereocenters. The maximum Gasteiger partial charge on any atom is 0.238 e. The number of nitrogens with one attached hydrogen (secondary N) is 2. The molecular formula is C23H20F2N4O. The van der Waals surface area contributed by atoms with E-state index >= 15 is 0 Å². The summed E-state index contributed by atoms with van der Waals surface area (Å²) < 4.78 is 27.8. The summed E-state index contributed by atoms with van der Waals surface area (Å²) in [5, 5.41) is 24.1. The molecule has 30 heavy (non-hydrogen) atoms.